The monoisotopic (exact) mass is 232 g/mol. The van der Waals surface area contributed by atoms with Crippen LogP contribution in [0.2, 0.25) is 0 Å². The predicted octanol–water partition coefficient (Wildman–Crippen LogP) is 2.51. The molecule has 0 unspecified atom stereocenters. The van der Waals surface area contributed by atoms with Crippen molar-refractivity contribution in [2.24, 2.45) is 5.73 Å². The summed E-state index contributed by atoms with van der Waals surface area (Å²) in [5.41, 5.74) is 6.43. The number of pyridine rings is 1. The normalized spacial score (nSPS) is 10.2. The van der Waals surface area contributed by atoms with E-state index in [0.29, 0.717) is 12.3 Å². The largest absolute Gasteiger partial charge is 0.453 e. The number of benzene rings is 1. The van der Waals surface area contributed by atoms with Crippen molar-refractivity contribution in [1.29, 1.82) is 0 Å². The molecule has 0 bridgehead atoms. The van der Waals surface area contributed by atoms with E-state index in [9.17, 15) is 4.39 Å². The number of hydrogen-bond acceptors (Lipinski definition) is 3. The molecule has 0 radical (unpaired) electrons. The van der Waals surface area contributed by atoms with Crippen molar-refractivity contribution < 1.29 is 9.13 Å². The number of nitrogens with two attached hydrogens (primary N) is 1. The highest BCUT2D eigenvalue weighted by atomic mass is 19.1. The first-order valence-corrected chi connectivity index (χ1v) is 5.36. The molecule has 1 aromatic heterocycles. The smallest absolute Gasteiger partial charge is 0.165 e. The van der Waals surface area contributed by atoms with Crippen molar-refractivity contribution >= 4 is 0 Å². The average molecular weight is 232 g/mol. The minimum atomic E-state index is -0.392. The van der Waals surface area contributed by atoms with Gasteiger partial charge in [-0.3, -0.25) is 4.98 Å². The Morgan fingerprint density at radius 2 is 2.06 bits per heavy atom. The summed E-state index contributed by atoms with van der Waals surface area (Å²) >= 11 is 0. The molecule has 2 rings (SSSR count). The van der Waals surface area contributed by atoms with E-state index in [2.05, 4.69) is 4.98 Å². The van der Waals surface area contributed by atoms with Crippen molar-refractivity contribution in [3.05, 3.63) is 54.1 Å². The minimum Gasteiger partial charge on any atom is -0.453 e. The maximum atomic E-state index is 13.4. The Hall–Kier alpha value is -1.94. The van der Waals surface area contributed by atoms with Gasteiger partial charge in [0, 0.05) is 6.20 Å². The third-order valence-corrected chi connectivity index (χ3v) is 2.27. The van der Waals surface area contributed by atoms with E-state index in [1.165, 1.54) is 6.07 Å². The maximum Gasteiger partial charge on any atom is 0.165 e. The Kier molecular flexibility index (Phi) is 3.67. The molecule has 0 saturated heterocycles. The SMILES string of the molecule is NCCc1cncc(Oc2ccccc2F)c1. The van der Waals surface area contributed by atoms with Gasteiger partial charge in [0.05, 0.1) is 6.20 Å². The molecule has 2 N–H and O–H groups in total. The lowest BCUT2D eigenvalue weighted by atomic mass is 10.2. The molecule has 0 aliphatic rings. The van der Waals surface area contributed by atoms with Crippen molar-refractivity contribution in [3.8, 4) is 11.5 Å². The van der Waals surface area contributed by atoms with Gasteiger partial charge in [-0.15, -0.1) is 0 Å². The van der Waals surface area contributed by atoms with Crippen molar-refractivity contribution in [2.75, 3.05) is 6.54 Å². The van der Waals surface area contributed by atoms with Crippen LogP contribution in [-0.4, -0.2) is 11.5 Å². The van der Waals surface area contributed by atoms with E-state index >= 15 is 0 Å². The summed E-state index contributed by atoms with van der Waals surface area (Å²) in [7, 11) is 0. The quantitative estimate of drug-likeness (QED) is 0.881. The van der Waals surface area contributed by atoms with E-state index < -0.39 is 5.82 Å². The van der Waals surface area contributed by atoms with Crippen LogP contribution in [0.3, 0.4) is 0 Å². The fourth-order valence-electron chi connectivity index (χ4n) is 1.48. The summed E-state index contributed by atoms with van der Waals surface area (Å²) in [6.45, 7) is 0.546. The van der Waals surface area contributed by atoms with Crippen LogP contribution >= 0.6 is 0 Å². The molecular weight excluding hydrogens is 219 g/mol. The molecule has 2 aromatic rings. The van der Waals surface area contributed by atoms with Crippen LogP contribution in [0.4, 0.5) is 4.39 Å². The zero-order valence-electron chi connectivity index (χ0n) is 9.27. The van der Waals surface area contributed by atoms with Crippen LogP contribution in [-0.2, 0) is 6.42 Å². The van der Waals surface area contributed by atoms with Gasteiger partial charge in [0.15, 0.2) is 11.6 Å². The summed E-state index contributed by atoms with van der Waals surface area (Å²) in [5.74, 6) is 0.317. The lowest BCUT2D eigenvalue weighted by Gasteiger charge is -2.07. The summed E-state index contributed by atoms with van der Waals surface area (Å²) in [5, 5.41) is 0. The van der Waals surface area contributed by atoms with Crippen LogP contribution in [0, 0.1) is 5.82 Å². The van der Waals surface area contributed by atoms with Gasteiger partial charge in [0.1, 0.15) is 5.75 Å². The number of hydrogen-bond donors (Lipinski definition) is 1. The molecule has 1 heterocycles. The number of para-hydroxylation sites is 1. The Balaban J connectivity index is 2.18. The fraction of sp³-hybridized carbons (Fsp3) is 0.154. The Bertz CT molecular complexity index is 502. The Labute approximate surface area is 99.1 Å². The molecular formula is C13H13FN2O. The van der Waals surface area contributed by atoms with Crippen LogP contribution < -0.4 is 10.5 Å². The third-order valence-electron chi connectivity index (χ3n) is 2.27. The number of rotatable bonds is 4. The van der Waals surface area contributed by atoms with E-state index in [1.54, 1.807) is 30.6 Å². The molecule has 0 aliphatic carbocycles. The summed E-state index contributed by atoms with van der Waals surface area (Å²) in [6, 6.07) is 8.07. The Morgan fingerprint density at radius 1 is 1.24 bits per heavy atom. The highest BCUT2D eigenvalue weighted by Gasteiger charge is 2.04. The van der Waals surface area contributed by atoms with Gasteiger partial charge in [0.25, 0.3) is 0 Å². The first-order valence-electron chi connectivity index (χ1n) is 5.36. The Morgan fingerprint density at radius 3 is 2.82 bits per heavy atom. The molecule has 1 aromatic carbocycles. The maximum absolute atomic E-state index is 13.4. The molecule has 0 fully saturated rings. The molecule has 0 amide bonds. The van der Waals surface area contributed by atoms with Crippen molar-refractivity contribution in [2.45, 2.75) is 6.42 Å². The van der Waals surface area contributed by atoms with E-state index in [-0.39, 0.29) is 5.75 Å². The summed E-state index contributed by atoms with van der Waals surface area (Å²) < 4.78 is 18.8. The standard InChI is InChI=1S/C13H13FN2O/c14-12-3-1-2-4-13(12)17-11-7-10(5-6-15)8-16-9-11/h1-4,7-9H,5-6,15H2. The van der Waals surface area contributed by atoms with Crippen molar-refractivity contribution in [3.63, 3.8) is 0 Å². The molecule has 0 aliphatic heterocycles. The second-order valence-electron chi connectivity index (χ2n) is 3.60. The van der Waals surface area contributed by atoms with Gasteiger partial charge < -0.3 is 10.5 Å². The number of ether oxygens (including phenoxy) is 1. The first-order chi connectivity index (χ1) is 8.29. The molecule has 3 nitrogen and oxygen atoms in total. The number of nitrogens with zero attached hydrogens (tertiary/aromatic N) is 1. The predicted molar refractivity (Wildman–Crippen MR) is 63.5 cm³/mol. The van der Waals surface area contributed by atoms with E-state index in [1.807, 2.05) is 6.07 Å². The third kappa shape index (κ3) is 3.01. The van der Waals surface area contributed by atoms with Crippen LogP contribution in [0.5, 0.6) is 11.5 Å². The zero-order valence-corrected chi connectivity index (χ0v) is 9.27. The van der Waals surface area contributed by atoms with Crippen LogP contribution in [0.15, 0.2) is 42.7 Å². The molecule has 0 spiro atoms. The lowest BCUT2D eigenvalue weighted by Crippen LogP contribution is -2.03. The zero-order chi connectivity index (χ0) is 12.1. The highest BCUT2D eigenvalue weighted by molar-refractivity contribution is 5.32. The molecule has 88 valence electrons. The average Bonchev–Trinajstić information content (AvgIpc) is 2.33. The molecule has 0 saturated carbocycles. The summed E-state index contributed by atoms with van der Waals surface area (Å²) in [4.78, 5) is 4.03. The second kappa shape index (κ2) is 5.41. The van der Waals surface area contributed by atoms with E-state index in [4.69, 9.17) is 10.5 Å². The van der Waals surface area contributed by atoms with Crippen LogP contribution in [0.25, 0.3) is 0 Å². The van der Waals surface area contributed by atoms with Gasteiger partial charge in [-0.2, -0.15) is 0 Å². The van der Waals surface area contributed by atoms with Gasteiger partial charge in [-0.05, 0) is 36.7 Å². The number of aromatic nitrogens is 1. The molecule has 0 atom stereocenters. The molecule has 17 heavy (non-hydrogen) atoms. The number of halogens is 1. The van der Waals surface area contributed by atoms with Crippen molar-refractivity contribution in [1.82, 2.24) is 4.98 Å². The molecule has 4 heteroatoms. The first kappa shape index (κ1) is 11.5. The van der Waals surface area contributed by atoms with Crippen LogP contribution in [0.1, 0.15) is 5.56 Å². The van der Waals surface area contributed by atoms with Gasteiger partial charge in [-0.1, -0.05) is 12.1 Å². The minimum absolute atomic E-state index is 0.194. The lowest BCUT2D eigenvalue weighted by molar-refractivity contribution is 0.440. The van der Waals surface area contributed by atoms with Gasteiger partial charge in [-0.25, -0.2) is 4.39 Å². The van der Waals surface area contributed by atoms with Gasteiger partial charge in [0.2, 0.25) is 0 Å². The second-order valence-corrected chi connectivity index (χ2v) is 3.60. The van der Waals surface area contributed by atoms with Gasteiger partial charge >= 0.3 is 0 Å². The highest BCUT2D eigenvalue weighted by Crippen LogP contribution is 2.23. The topological polar surface area (TPSA) is 48.1 Å². The van der Waals surface area contributed by atoms with E-state index in [0.717, 1.165) is 12.0 Å². The fourth-order valence-corrected chi connectivity index (χ4v) is 1.48. The summed E-state index contributed by atoms with van der Waals surface area (Å²) in [6.07, 6.45) is 4.00.